The van der Waals surface area contributed by atoms with E-state index in [2.05, 4.69) is 10.3 Å². The Hall–Kier alpha value is -3.41. The first kappa shape index (κ1) is 15.1. The van der Waals surface area contributed by atoms with Gasteiger partial charge in [-0.25, -0.2) is 9.38 Å². The molecule has 124 valence electrons. The minimum Gasteiger partial charge on any atom is -0.348 e. The molecule has 0 bridgehead atoms. The van der Waals surface area contributed by atoms with E-state index in [4.69, 9.17) is 0 Å². The monoisotopic (exact) mass is 334 g/mol. The van der Waals surface area contributed by atoms with E-state index in [1.54, 1.807) is 30.6 Å². The number of nitrogens with zero attached hydrogens (tertiary/aromatic N) is 3. The van der Waals surface area contributed by atoms with E-state index in [-0.39, 0.29) is 11.7 Å². The van der Waals surface area contributed by atoms with Crippen LogP contribution in [-0.2, 0) is 11.3 Å². The van der Waals surface area contributed by atoms with Crippen molar-refractivity contribution >= 4 is 12.1 Å². The zero-order chi connectivity index (χ0) is 17.2. The topological polar surface area (TPSA) is 47.9 Å². The molecule has 1 aromatic rings. The van der Waals surface area contributed by atoms with E-state index in [0.29, 0.717) is 12.1 Å². The number of halogens is 1. The zero-order valence-corrected chi connectivity index (χ0v) is 13.3. The number of benzene rings is 1. The van der Waals surface area contributed by atoms with Gasteiger partial charge >= 0.3 is 0 Å². The molecule has 0 saturated heterocycles. The Kier molecular flexibility index (Phi) is 3.78. The lowest BCUT2D eigenvalue weighted by Crippen LogP contribution is -2.29. The van der Waals surface area contributed by atoms with Crippen LogP contribution in [0.15, 0.2) is 89.4 Å². The summed E-state index contributed by atoms with van der Waals surface area (Å²) < 4.78 is 12.9. The maximum atomic E-state index is 12.9. The van der Waals surface area contributed by atoms with Gasteiger partial charge in [0, 0.05) is 31.4 Å². The van der Waals surface area contributed by atoms with Crippen LogP contribution >= 0.6 is 0 Å². The number of hydrogen-bond acceptors (Lipinski definition) is 4. The van der Waals surface area contributed by atoms with Crippen molar-refractivity contribution in [3.63, 3.8) is 0 Å². The molecule has 3 aliphatic heterocycles. The lowest BCUT2D eigenvalue weighted by molar-refractivity contribution is -0.117. The normalized spacial score (nSPS) is 17.4. The van der Waals surface area contributed by atoms with Crippen LogP contribution in [0, 0.1) is 5.82 Å². The zero-order valence-electron chi connectivity index (χ0n) is 13.3. The van der Waals surface area contributed by atoms with Crippen molar-refractivity contribution in [2.24, 2.45) is 4.99 Å². The van der Waals surface area contributed by atoms with Crippen molar-refractivity contribution < 1.29 is 9.18 Å². The Bertz CT molecular complexity index is 891. The van der Waals surface area contributed by atoms with Gasteiger partial charge in [-0.3, -0.25) is 4.79 Å². The summed E-state index contributed by atoms with van der Waals surface area (Å²) in [5, 5.41) is 2.84. The standard InChI is InChI=1S/C19H15FN4O/c20-16-5-2-14(3-6-16)10-22-19(25)15-4-7-17-12-23-9-1-8-21-18(23)13-24(17)11-15/h1-9,11-13H,10H2,(H,22,25). The van der Waals surface area contributed by atoms with E-state index >= 15 is 0 Å². The number of aliphatic imine (C=N–C) groups is 1. The number of nitrogens with one attached hydrogen (secondary N) is 1. The number of rotatable bonds is 3. The second kappa shape index (κ2) is 6.24. The molecule has 4 rings (SSSR count). The molecule has 0 fully saturated rings. The summed E-state index contributed by atoms with van der Waals surface area (Å²) in [5.74, 6) is 0.302. The van der Waals surface area contributed by atoms with Gasteiger partial charge in [0.25, 0.3) is 5.91 Å². The van der Waals surface area contributed by atoms with Crippen molar-refractivity contribution in [3.05, 3.63) is 95.8 Å². The maximum Gasteiger partial charge on any atom is 0.253 e. The van der Waals surface area contributed by atoms with Gasteiger partial charge in [0.2, 0.25) is 0 Å². The smallest absolute Gasteiger partial charge is 0.253 e. The third-order valence-electron chi connectivity index (χ3n) is 3.97. The van der Waals surface area contributed by atoms with Crippen LogP contribution in [0.3, 0.4) is 0 Å². The molecule has 0 aliphatic carbocycles. The van der Waals surface area contributed by atoms with Crippen molar-refractivity contribution in [2.45, 2.75) is 6.54 Å². The third kappa shape index (κ3) is 3.14. The number of amides is 1. The fraction of sp³-hybridized carbons (Fsp3) is 0.0526. The number of allylic oxidation sites excluding steroid dienone is 2. The molecular formula is C19H15FN4O. The second-order valence-electron chi connectivity index (χ2n) is 5.70. The van der Waals surface area contributed by atoms with Gasteiger partial charge in [-0.2, -0.15) is 0 Å². The van der Waals surface area contributed by atoms with E-state index in [9.17, 15) is 9.18 Å². The average Bonchev–Trinajstić information content (AvgIpc) is 2.65. The lowest BCUT2D eigenvalue weighted by atomic mass is 10.1. The van der Waals surface area contributed by atoms with E-state index in [0.717, 1.165) is 17.1 Å². The number of fused-ring (bicyclic) bond motifs is 2. The maximum absolute atomic E-state index is 12.9. The Balaban J connectivity index is 1.46. The van der Waals surface area contributed by atoms with Crippen LogP contribution in [0.5, 0.6) is 0 Å². The summed E-state index contributed by atoms with van der Waals surface area (Å²) in [4.78, 5) is 20.5. The first-order valence-electron chi connectivity index (χ1n) is 7.83. The van der Waals surface area contributed by atoms with Crippen molar-refractivity contribution in [3.8, 4) is 0 Å². The summed E-state index contributed by atoms with van der Waals surface area (Å²) in [5.41, 5.74) is 2.33. The van der Waals surface area contributed by atoms with Gasteiger partial charge in [0.1, 0.15) is 5.82 Å². The average molecular weight is 334 g/mol. The summed E-state index contributed by atoms with van der Waals surface area (Å²) in [6.07, 6.45) is 14.7. The van der Waals surface area contributed by atoms with Crippen molar-refractivity contribution in [2.75, 3.05) is 0 Å². The highest BCUT2D eigenvalue weighted by Crippen LogP contribution is 2.26. The van der Waals surface area contributed by atoms with Crippen LogP contribution in [0.1, 0.15) is 5.56 Å². The Labute approximate surface area is 144 Å². The van der Waals surface area contributed by atoms with Crippen molar-refractivity contribution in [1.29, 1.82) is 0 Å². The molecule has 1 amide bonds. The van der Waals surface area contributed by atoms with Gasteiger partial charge < -0.3 is 15.1 Å². The third-order valence-corrected chi connectivity index (χ3v) is 3.97. The van der Waals surface area contributed by atoms with Gasteiger partial charge in [-0.15, -0.1) is 0 Å². The Morgan fingerprint density at radius 2 is 1.92 bits per heavy atom. The molecule has 25 heavy (non-hydrogen) atoms. The molecule has 3 heterocycles. The quantitative estimate of drug-likeness (QED) is 0.925. The van der Waals surface area contributed by atoms with E-state index in [1.165, 1.54) is 12.1 Å². The fourth-order valence-corrected chi connectivity index (χ4v) is 2.64. The van der Waals surface area contributed by atoms with Gasteiger partial charge in [-0.05, 0) is 35.9 Å². The highest BCUT2D eigenvalue weighted by Gasteiger charge is 2.20. The predicted octanol–water partition coefficient (Wildman–Crippen LogP) is 2.75. The molecule has 3 aliphatic rings. The highest BCUT2D eigenvalue weighted by molar-refractivity contribution is 5.96. The summed E-state index contributed by atoms with van der Waals surface area (Å²) in [7, 11) is 0. The fourth-order valence-electron chi connectivity index (χ4n) is 2.64. The van der Waals surface area contributed by atoms with Crippen LogP contribution in [0.4, 0.5) is 4.39 Å². The Morgan fingerprint density at radius 1 is 1.08 bits per heavy atom. The van der Waals surface area contributed by atoms with Crippen LogP contribution in [0.25, 0.3) is 0 Å². The number of carbonyl (C=O) groups is 1. The molecule has 0 spiro atoms. The molecule has 0 radical (unpaired) electrons. The molecule has 5 nitrogen and oxygen atoms in total. The Morgan fingerprint density at radius 3 is 2.76 bits per heavy atom. The van der Waals surface area contributed by atoms with Gasteiger partial charge in [0.15, 0.2) is 5.82 Å². The van der Waals surface area contributed by atoms with Gasteiger partial charge in [-0.1, -0.05) is 12.1 Å². The highest BCUT2D eigenvalue weighted by atomic mass is 19.1. The minimum atomic E-state index is -0.292. The predicted molar refractivity (Wildman–Crippen MR) is 92.9 cm³/mol. The molecule has 6 heteroatoms. The molecule has 0 atom stereocenters. The lowest BCUT2D eigenvalue weighted by Gasteiger charge is -2.31. The van der Waals surface area contributed by atoms with Crippen molar-refractivity contribution in [1.82, 2.24) is 15.1 Å². The number of carbonyl (C=O) groups excluding carboxylic acids is 1. The summed E-state index contributed by atoms with van der Waals surface area (Å²) in [6, 6.07) is 6.06. The molecule has 1 N–H and O–H groups in total. The molecule has 0 saturated carbocycles. The largest absolute Gasteiger partial charge is 0.348 e. The molecule has 1 aromatic carbocycles. The first-order valence-corrected chi connectivity index (χ1v) is 7.83. The van der Waals surface area contributed by atoms with Crippen LogP contribution in [-0.4, -0.2) is 21.9 Å². The SMILES string of the molecule is O=C(NCc1ccc(F)cc1)C1=CN2C=C3N=CC=CN3C=C2C=C1. The minimum absolute atomic E-state index is 0.188. The molecule has 0 aromatic heterocycles. The molecule has 0 unspecified atom stereocenters. The second-order valence-corrected chi connectivity index (χ2v) is 5.70. The van der Waals surface area contributed by atoms with Crippen LogP contribution in [0.2, 0.25) is 0 Å². The summed E-state index contributed by atoms with van der Waals surface area (Å²) >= 11 is 0. The number of hydrogen-bond donors (Lipinski definition) is 1. The first-order chi connectivity index (χ1) is 12.2. The van der Waals surface area contributed by atoms with Gasteiger partial charge in [0.05, 0.1) is 17.5 Å². The molecular weight excluding hydrogens is 319 g/mol. The van der Waals surface area contributed by atoms with E-state index < -0.39 is 0 Å². The summed E-state index contributed by atoms with van der Waals surface area (Å²) in [6.45, 7) is 0.344. The van der Waals surface area contributed by atoms with Crippen LogP contribution < -0.4 is 5.32 Å². The van der Waals surface area contributed by atoms with E-state index in [1.807, 2.05) is 40.6 Å².